The Kier molecular flexibility index (Phi) is 3.73. The van der Waals surface area contributed by atoms with Crippen molar-refractivity contribution in [3.8, 4) is 0 Å². The number of hydrogen-bond acceptors (Lipinski definition) is 2. The molecule has 2 aromatic heterocycles. The molecule has 6 heteroatoms. The van der Waals surface area contributed by atoms with Gasteiger partial charge in [-0.25, -0.2) is 0 Å². The van der Waals surface area contributed by atoms with E-state index in [1.807, 2.05) is 0 Å². The molecule has 0 saturated heterocycles. The van der Waals surface area contributed by atoms with Gasteiger partial charge in [-0.3, -0.25) is 9.59 Å². The highest BCUT2D eigenvalue weighted by molar-refractivity contribution is 9.10. The normalized spacial score (nSPS) is 10.6. The summed E-state index contributed by atoms with van der Waals surface area (Å²) < 4.78 is 3.33. The molecule has 0 radical (unpaired) electrons. The molecule has 0 aliphatic rings. The lowest BCUT2D eigenvalue weighted by Gasteiger charge is -2.07. The van der Waals surface area contributed by atoms with Gasteiger partial charge in [-0.05, 0) is 33.6 Å². The second-order valence-corrected chi connectivity index (χ2v) is 5.21. The van der Waals surface area contributed by atoms with E-state index >= 15 is 0 Å². The molecule has 4 nitrogen and oxygen atoms in total. The number of halogens is 2. The van der Waals surface area contributed by atoms with Gasteiger partial charge in [0.15, 0.2) is 0 Å². The van der Waals surface area contributed by atoms with E-state index in [1.54, 1.807) is 31.6 Å². The van der Waals surface area contributed by atoms with Crippen LogP contribution in [0.5, 0.6) is 0 Å². The van der Waals surface area contributed by atoms with Gasteiger partial charge in [-0.15, -0.1) is 0 Å². The highest BCUT2D eigenvalue weighted by atomic mass is 79.9. The zero-order chi connectivity index (χ0) is 13.3. The van der Waals surface area contributed by atoms with Crippen molar-refractivity contribution in [2.24, 2.45) is 7.05 Å². The first-order valence-corrected chi connectivity index (χ1v) is 6.35. The van der Waals surface area contributed by atoms with E-state index in [2.05, 4.69) is 15.9 Å². The predicted molar refractivity (Wildman–Crippen MR) is 74.2 cm³/mol. The zero-order valence-corrected chi connectivity index (χ0v) is 11.9. The van der Waals surface area contributed by atoms with Gasteiger partial charge in [0.25, 0.3) is 11.1 Å². The molecule has 18 heavy (non-hydrogen) atoms. The topological polar surface area (TPSA) is 44.0 Å². The van der Waals surface area contributed by atoms with Crippen molar-refractivity contribution in [3.63, 3.8) is 0 Å². The van der Waals surface area contributed by atoms with Gasteiger partial charge < -0.3 is 9.13 Å². The lowest BCUT2D eigenvalue weighted by Crippen LogP contribution is -2.22. The predicted octanol–water partition coefficient (Wildman–Crippen LogP) is 2.01. The summed E-state index contributed by atoms with van der Waals surface area (Å²) in [4.78, 5) is 23.3. The van der Waals surface area contributed by atoms with Crippen molar-refractivity contribution in [1.29, 1.82) is 0 Å². The van der Waals surface area contributed by atoms with Crippen LogP contribution in [0.2, 0.25) is 5.02 Å². The Hall–Kier alpha value is -1.33. The molecule has 0 aromatic carbocycles. The maximum Gasteiger partial charge on any atom is 0.265 e. The molecule has 0 fully saturated rings. The van der Waals surface area contributed by atoms with Crippen LogP contribution in [0.4, 0.5) is 0 Å². The number of aromatic nitrogens is 2. The van der Waals surface area contributed by atoms with E-state index < -0.39 is 0 Å². The van der Waals surface area contributed by atoms with Gasteiger partial charge in [0.05, 0.1) is 16.0 Å². The molecule has 2 aromatic rings. The molecule has 0 spiro atoms. The van der Waals surface area contributed by atoms with Crippen LogP contribution in [0, 0.1) is 0 Å². The molecule has 0 aliphatic carbocycles. The molecular weight excluding hydrogens is 320 g/mol. The molecule has 0 atom stereocenters. The Morgan fingerprint density at radius 3 is 2.72 bits per heavy atom. The van der Waals surface area contributed by atoms with Crippen LogP contribution in [0.15, 0.2) is 44.7 Å². The Labute approximate surface area is 117 Å². The van der Waals surface area contributed by atoms with Gasteiger partial charge >= 0.3 is 0 Å². The van der Waals surface area contributed by atoms with Crippen molar-refractivity contribution >= 4 is 27.5 Å². The summed E-state index contributed by atoms with van der Waals surface area (Å²) in [5, 5.41) is 0.463. The van der Waals surface area contributed by atoms with E-state index in [0.717, 1.165) is 5.56 Å². The first-order valence-electron chi connectivity index (χ1n) is 5.18. The van der Waals surface area contributed by atoms with Gasteiger partial charge in [0.2, 0.25) is 0 Å². The molecule has 0 saturated carbocycles. The SMILES string of the molecule is Cn1ccc(Cn2cc(Cl)cc(Br)c2=O)cc1=O. The number of hydrogen-bond donors (Lipinski definition) is 0. The molecule has 2 heterocycles. The lowest BCUT2D eigenvalue weighted by molar-refractivity contribution is 0.745. The second-order valence-electron chi connectivity index (χ2n) is 3.92. The second kappa shape index (κ2) is 5.12. The fraction of sp³-hybridized carbons (Fsp3) is 0.167. The first-order chi connectivity index (χ1) is 8.47. The number of pyridine rings is 2. The molecule has 2 rings (SSSR count). The Morgan fingerprint density at radius 2 is 2.06 bits per heavy atom. The number of nitrogens with zero attached hydrogens (tertiary/aromatic N) is 2. The van der Waals surface area contributed by atoms with Crippen LogP contribution in [0.3, 0.4) is 0 Å². The lowest BCUT2D eigenvalue weighted by atomic mass is 10.2. The third-order valence-electron chi connectivity index (χ3n) is 2.53. The molecule has 0 amide bonds. The minimum atomic E-state index is -0.180. The first kappa shape index (κ1) is 13.1. The van der Waals surface area contributed by atoms with Crippen LogP contribution in [0.25, 0.3) is 0 Å². The van der Waals surface area contributed by atoms with Gasteiger partial charge in [0.1, 0.15) is 0 Å². The van der Waals surface area contributed by atoms with E-state index in [4.69, 9.17) is 11.6 Å². The van der Waals surface area contributed by atoms with E-state index in [-0.39, 0.29) is 11.1 Å². The van der Waals surface area contributed by atoms with Crippen LogP contribution in [-0.4, -0.2) is 9.13 Å². The zero-order valence-electron chi connectivity index (χ0n) is 9.56. The summed E-state index contributed by atoms with van der Waals surface area (Å²) in [5.74, 6) is 0. The van der Waals surface area contributed by atoms with Gasteiger partial charge in [-0.1, -0.05) is 11.6 Å². The van der Waals surface area contributed by atoms with Crippen LogP contribution in [0.1, 0.15) is 5.56 Å². The van der Waals surface area contributed by atoms with Crippen LogP contribution >= 0.6 is 27.5 Å². The molecule has 94 valence electrons. The summed E-state index contributed by atoms with van der Waals surface area (Å²) in [6.07, 6.45) is 3.22. The highest BCUT2D eigenvalue weighted by Gasteiger charge is 2.05. The van der Waals surface area contributed by atoms with Crippen LogP contribution in [-0.2, 0) is 13.6 Å². The summed E-state index contributed by atoms with van der Waals surface area (Å²) in [7, 11) is 1.67. The molecule has 0 unspecified atom stereocenters. The molecular formula is C12H10BrClN2O2. The van der Waals surface area contributed by atoms with Crippen molar-refractivity contribution in [1.82, 2.24) is 9.13 Å². The van der Waals surface area contributed by atoms with Crippen molar-refractivity contribution in [2.45, 2.75) is 6.54 Å². The van der Waals surface area contributed by atoms with Crippen molar-refractivity contribution in [2.75, 3.05) is 0 Å². The van der Waals surface area contributed by atoms with E-state index in [9.17, 15) is 9.59 Å². The number of rotatable bonds is 2. The highest BCUT2D eigenvalue weighted by Crippen LogP contribution is 2.12. The fourth-order valence-electron chi connectivity index (χ4n) is 1.57. The summed E-state index contributed by atoms with van der Waals surface area (Å²) in [6, 6.07) is 4.84. The monoisotopic (exact) mass is 328 g/mol. The third-order valence-corrected chi connectivity index (χ3v) is 3.31. The van der Waals surface area contributed by atoms with E-state index in [0.29, 0.717) is 16.0 Å². The minimum Gasteiger partial charge on any atom is -0.319 e. The summed E-state index contributed by atoms with van der Waals surface area (Å²) in [6.45, 7) is 0.314. The van der Waals surface area contributed by atoms with E-state index in [1.165, 1.54) is 15.2 Å². The van der Waals surface area contributed by atoms with Gasteiger partial charge in [-0.2, -0.15) is 0 Å². The van der Waals surface area contributed by atoms with Crippen molar-refractivity contribution < 1.29 is 0 Å². The molecule has 0 N–H and O–H groups in total. The minimum absolute atomic E-state index is 0.110. The molecule has 0 aliphatic heterocycles. The Bertz CT molecular complexity index is 706. The Balaban J connectivity index is 2.43. The number of aryl methyl sites for hydroxylation is 1. The summed E-state index contributed by atoms with van der Waals surface area (Å²) in [5.41, 5.74) is 0.469. The molecule has 0 bridgehead atoms. The maximum atomic E-state index is 11.9. The fourth-order valence-corrected chi connectivity index (χ4v) is 2.40. The Morgan fingerprint density at radius 1 is 1.33 bits per heavy atom. The summed E-state index contributed by atoms with van der Waals surface area (Å²) >= 11 is 9.04. The van der Waals surface area contributed by atoms with Crippen LogP contribution < -0.4 is 11.1 Å². The van der Waals surface area contributed by atoms with Crippen molar-refractivity contribution in [3.05, 3.63) is 66.4 Å². The standard InChI is InChI=1S/C12H10BrClN2O2/c1-15-3-2-8(4-11(15)17)6-16-7-9(14)5-10(13)12(16)18/h2-5,7H,6H2,1H3. The smallest absolute Gasteiger partial charge is 0.265 e. The van der Waals surface area contributed by atoms with Gasteiger partial charge in [0, 0.05) is 25.5 Å². The largest absolute Gasteiger partial charge is 0.319 e. The average molecular weight is 330 g/mol. The maximum absolute atomic E-state index is 11.9. The third kappa shape index (κ3) is 2.73. The average Bonchev–Trinajstić information content (AvgIpc) is 2.30. The quantitative estimate of drug-likeness (QED) is 0.846.